The fourth-order valence-electron chi connectivity index (χ4n) is 18.9. The number of esters is 3. The molecule has 0 spiro atoms. The van der Waals surface area contributed by atoms with Crippen LogP contribution in [-0.2, 0) is 32.1 Å². The molecule has 0 amide bonds. The molecule has 18 rings (SSSR count). The van der Waals surface area contributed by atoms with E-state index in [0.29, 0.717) is 55.1 Å². The number of carboxylic acids is 2. The van der Waals surface area contributed by atoms with Crippen molar-refractivity contribution in [3.8, 4) is 35.0 Å². The maximum Gasteiger partial charge on any atom is 0.490 e. The van der Waals surface area contributed by atoms with E-state index in [0.717, 1.165) is 221 Å². The summed E-state index contributed by atoms with van der Waals surface area (Å²) in [4.78, 5) is 73.9. The Morgan fingerprint density at radius 1 is 0.382 bits per heavy atom. The van der Waals surface area contributed by atoms with Gasteiger partial charge < -0.3 is 92.5 Å². The van der Waals surface area contributed by atoms with Gasteiger partial charge in [0.05, 0.1) is 47.1 Å². The number of H-pyrrole nitrogens is 2. The molecule has 0 unspecified atom stereocenters. The van der Waals surface area contributed by atoms with Crippen LogP contribution in [0.25, 0.3) is 0 Å². The summed E-state index contributed by atoms with van der Waals surface area (Å²) in [5.74, 6) is -0.612. The van der Waals surface area contributed by atoms with Crippen LogP contribution in [-0.4, -0.2) is 318 Å². The lowest BCUT2D eigenvalue weighted by molar-refractivity contribution is -0.192. The van der Waals surface area contributed by atoms with Crippen LogP contribution in [0.5, 0.6) is 35.0 Å². The van der Waals surface area contributed by atoms with Crippen molar-refractivity contribution in [3.63, 3.8) is 0 Å². The van der Waals surface area contributed by atoms with E-state index in [1.54, 1.807) is 44.4 Å². The Bertz CT molecular complexity index is 5570. The molecule has 4 saturated heterocycles. The average molecular weight is 2060 g/mol. The second-order valence-corrected chi connectivity index (χ2v) is 38.3. The molecule has 8 fully saturated rings. The SMILES string of the molecule is CCOC(=O)c1[nH]nnc1OC1CCC(c2ccc(N3CCN(C)CC3)cc2)CC1.CCOC(=O)c1nnn(Cc2ccc(OC)cc2)c1OC1CCC(c2ccc(Br)cc2)CC1.CCOC(=O)c1nnn(Cc2ccc(OC)cc2)c1OC1CCC(c2ccc(N3CCN(C)CC3)cc2)CC1.CN1CCN(c2ccc(C3CCC(Oc4nn[nH]c4C(=O)O)CC3)cc2)CC1.CN1CCNCC1.O=C(O)C(F)(F)F. The number of aromatic nitrogens is 12. The minimum atomic E-state index is -5.08. The number of rotatable bonds is 28. The minimum Gasteiger partial charge on any atom is -0.497 e. The third-order valence-electron chi connectivity index (χ3n) is 27.5. The van der Waals surface area contributed by atoms with Gasteiger partial charge in [0.1, 0.15) is 35.9 Å². The fourth-order valence-corrected chi connectivity index (χ4v) is 19.1. The normalized spacial score (nSPS) is 20.6. The first-order chi connectivity index (χ1) is 69.7. The highest BCUT2D eigenvalue weighted by Crippen LogP contribution is 2.42. The molecule has 4 aromatic heterocycles. The number of piperazine rings is 4. The van der Waals surface area contributed by atoms with Crippen molar-refractivity contribution < 1.29 is 90.0 Å². The summed E-state index contributed by atoms with van der Waals surface area (Å²) in [6.45, 7) is 24.9. The zero-order valence-corrected chi connectivity index (χ0v) is 85.4. The minimum absolute atomic E-state index is 0.00186. The van der Waals surface area contributed by atoms with Crippen LogP contribution in [0.1, 0.15) is 223 Å². The maximum atomic E-state index is 12.6. The van der Waals surface area contributed by atoms with Gasteiger partial charge in [-0.25, -0.2) is 43.5 Å². The van der Waals surface area contributed by atoms with Crippen LogP contribution in [0.3, 0.4) is 0 Å². The van der Waals surface area contributed by atoms with E-state index in [2.05, 4.69) is 232 Å². The quantitative estimate of drug-likeness (QED) is 0.0225. The first-order valence-corrected chi connectivity index (χ1v) is 50.9. The topological polar surface area (TPSA) is 388 Å². The Labute approximate surface area is 847 Å². The molecule has 8 heterocycles. The molecule has 10 aromatic rings. The molecule has 4 saturated carbocycles. The molecule has 6 aromatic carbocycles. The molecule has 8 aliphatic rings. The number of aliphatic carboxylic acids is 1. The Kier molecular flexibility index (Phi) is 41.1. The molecule has 0 bridgehead atoms. The highest BCUT2D eigenvalue weighted by molar-refractivity contribution is 9.10. The number of likely N-dealkylation sites (N-methyl/N-ethyl adjacent to an activating group) is 4. The van der Waals surface area contributed by atoms with Crippen molar-refractivity contribution in [2.75, 3.05) is 182 Å². The number of carbonyl (C=O) groups excluding carboxylic acids is 3. The van der Waals surface area contributed by atoms with Crippen molar-refractivity contribution in [3.05, 3.63) is 206 Å². The molecule has 0 radical (unpaired) electrons. The summed E-state index contributed by atoms with van der Waals surface area (Å²) in [6.07, 6.45) is 10.5. The Morgan fingerprint density at radius 3 is 0.965 bits per heavy atom. The molecule has 36 nitrogen and oxygen atoms in total. The number of aromatic carboxylic acids is 1. The van der Waals surface area contributed by atoms with Crippen molar-refractivity contribution in [2.24, 2.45) is 0 Å². The van der Waals surface area contributed by atoms with Crippen LogP contribution < -0.4 is 48.4 Å². The van der Waals surface area contributed by atoms with Gasteiger partial charge in [-0.2, -0.15) is 13.2 Å². The van der Waals surface area contributed by atoms with Crippen LogP contribution >= 0.6 is 15.9 Å². The van der Waals surface area contributed by atoms with Crippen LogP contribution in [0.4, 0.5) is 30.2 Å². The number of alkyl halides is 3. The smallest absolute Gasteiger partial charge is 0.490 e. The molecule has 0 atom stereocenters. The molecule has 778 valence electrons. The summed E-state index contributed by atoms with van der Waals surface area (Å²) >= 11 is 3.50. The summed E-state index contributed by atoms with van der Waals surface area (Å²) in [7, 11) is 12.0. The first kappa shape index (κ1) is 109. The standard InChI is InChI=1S/C30H39N5O4.C25H28BrN3O4.C22H31N5O3.C20H27N5O3.C5H12N2.C2HF3O2/c1-4-38-30(36)28-29(35(32-31-28)21-22-5-13-26(37-3)14-6-22)39-27-15-9-24(10-16-27)23-7-11-25(12-8-23)34-19-17-33(2)18-20-34;1-3-32-25(30)23-24(29(28-27-23)16-17-4-12-21(31-2)13-5-17)33-22-14-8-19(9-15-22)18-6-10-20(26)11-7-18;1-3-29-22(28)20-21(24-25-23-20)30-19-10-6-17(7-11-19)16-4-8-18(9-5-16)27-14-12-26(2)13-15-27;1-24-10-12-25(13-11-24)16-6-2-14(3-7-16)15-4-8-17(9-5-15)28-19-18(20(26)27)21-23-22-19;1-7-4-2-6-3-5-7;3-2(4,5)1(6)7/h5-8,11-14,24,27H,4,9-10,15-21H2,1-3H3;4-7,10-13,19,22H,3,8-9,14-16H2,1-2H3;4-5,8-9,17,19H,3,6-7,10-15H2,1-2H3,(H,23,24,25);2-3,6-7,15,17H,4-5,8-13H2,1H3,(H,26,27)(H,21,22,23);6H,2-5H2,1H3;(H,6,7). The molecular weight excluding hydrogens is 1920 g/mol. The number of anilines is 3. The second-order valence-electron chi connectivity index (χ2n) is 37.4. The number of nitrogens with one attached hydrogen (secondary N) is 3. The molecule has 40 heteroatoms. The van der Waals surface area contributed by atoms with Gasteiger partial charge in [0.15, 0.2) is 0 Å². The Hall–Kier alpha value is -12.5. The highest BCUT2D eigenvalue weighted by Gasteiger charge is 2.39. The Balaban J connectivity index is 0.000000154. The predicted octanol–water partition coefficient (Wildman–Crippen LogP) is 15.1. The van der Waals surface area contributed by atoms with Gasteiger partial charge in [-0.1, -0.05) is 120 Å². The van der Waals surface area contributed by atoms with Crippen molar-refractivity contribution in [1.82, 2.24) is 85.7 Å². The van der Waals surface area contributed by atoms with Gasteiger partial charge in [0.25, 0.3) is 11.8 Å². The number of carbonyl (C=O) groups is 5. The highest BCUT2D eigenvalue weighted by atomic mass is 79.9. The number of benzene rings is 6. The lowest BCUT2D eigenvalue weighted by Crippen LogP contribution is -2.44. The molecule has 4 aliphatic heterocycles. The Morgan fingerprint density at radius 2 is 0.674 bits per heavy atom. The van der Waals surface area contributed by atoms with Crippen molar-refractivity contribution in [1.29, 1.82) is 0 Å². The van der Waals surface area contributed by atoms with E-state index < -0.39 is 36.0 Å². The summed E-state index contributed by atoms with van der Waals surface area (Å²) in [6, 6.07) is 51.3. The van der Waals surface area contributed by atoms with Crippen molar-refractivity contribution in [2.45, 2.75) is 191 Å². The molecule has 144 heavy (non-hydrogen) atoms. The van der Waals surface area contributed by atoms with Crippen LogP contribution in [0.2, 0.25) is 0 Å². The number of aromatic amines is 2. The second kappa shape index (κ2) is 54.4. The number of hydrogen-bond donors (Lipinski definition) is 5. The fraction of sp³-hybridized carbons (Fsp3) is 0.529. The van der Waals surface area contributed by atoms with E-state index in [1.165, 1.54) is 52.4 Å². The zero-order chi connectivity index (χ0) is 102. The van der Waals surface area contributed by atoms with Gasteiger partial charge in [-0.3, -0.25) is 0 Å². The largest absolute Gasteiger partial charge is 0.497 e. The van der Waals surface area contributed by atoms with Gasteiger partial charge in [0.2, 0.25) is 34.5 Å². The third-order valence-corrected chi connectivity index (χ3v) is 28.0. The number of halogens is 4. The zero-order valence-electron chi connectivity index (χ0n) is 83.9. The molecule has 5 N–H and O–H groups in total. The maximum absolute atomic E-state index is 12.6. The summed E-state index contributed by atoms with van der Waals surface area (Å²) in [5.41, 5.74) is 11.8. The van der Waals surface area contributed by atoms with Crippen LogP contribution in [0.15, 0.2) is 150 Å². The monoisotopic (exact) mass is 2060 g/mol. The average Bonchev–Trinajstić information content (AvgIpc) is 1.43. The number of ether oxygens (including phenoxy) is 9. The van der Waals surface area contributed by atoms with Crippen LogP contribution in [0, 0.1) is 0 Å². The molecule has 4 aliphatic carbocycles. The van der Waals surface area contributed by atoms with Gasteiger partial charge >= 0.3 is 36.0 Å². The molecular formula is C104H138BrF3N20O16. The summed E-state index contributed by atoms with van der Waals surface area (Å²) in [5, 5.41) is 56.0. The van der Waals surface area contributed by atoms with E-state index in [9.17, 15) is 32.3 Å². The van der Waals surface area contributed by atoms with E-state index in [1.807, 2.05) is 48.5 Å². The number of methoxy groups -OCH3 is 2. The summed E-state index contributed by atoms with van der Waals surface area (Å²) < 4.78 is 86.6. The van der Waals surface area contributed by atoms with Gasteiger partial charge in [0, 0.05) is 126 Å². The van der Waals surface area contributed by atoms with Gasteiger partial charge in [-0.15, -0.1) is 10.2 Å². The number of carboxylic acid groups (broad SMARTS) is 2. The van der Waals surface area contributed by atoms with E-state index in [-0.39, 0.29) is 72.2 Å². The number of hydrogen-bond acceptors (Lipinski definition) is 30. The van der Waals surface area contributed by atoms with E-state index >= 15 is 0 Å². The predicted molar refractivity (Wildman–Crippen MR) is 541 cm³/mol. The lowest BCUT2D eigenvalue weighted by Gasteiger charge is -2.34. The van der Waals surface area contributed by atoms with E-state index in [4.69, 9.17) is 57.6 Å². The first-order valence-electron chi connectivity index (χ1n) is 50.1. The lowest BCUT2D eigenvalue weighted by atomic mass is 9.82. The van der Waals surface area contributed by atoms with Crippen molar-refractivity contribution >= 4 is 62.8 Å². The van der Waals surface area contributed by atoms with Gasteiger partial charge in [-0.05, 0) is 282 Å². The third kappa shape index (κ3) is 32.0. The number of nitrogens with zero attached hydrogens (tertiary/aromatic N) is 17.